The first-order valence-electron chi connectivity index (χ1n) is 11.2. The van der Waals surface area contributed by atoms with Crippen LogP contribution in [-0.4, -0.2) is 40.9 Å². The molecule has 0 aromatic heterocycles. The second kappa shape index (κ2) is 12.7. The van der Waals surface area contributed by atoms with Crippen LogP contribution in [0.15, 0.2) is 85.2 Å². The number of para-hydroxylation sites is 1. The second-order valence-electron chi connectivity index (χ2n) is 8.23. The number of rotatable bonds is 11. The van der Waals surface area contributed by atoms with Gasteiger partial charge in [0.05, 0.1) is 19.8 Å². The molecule has 0 fully saturated rings. The Balaban J connectivity index is 1.38. The zero-order valence-corrected chi connectivity index (χ0v) is 22.2. The molecule has 0 spiro atoms. The van der Waals surface area contributed by atoms with Gasteiger partial charge in [0, 0.05) is 27.5 Å². The van der Waals surface area contributed by atoms with E-state index in [0.717, 1.165) is 11.1 Å². The lowest BCUT2D eigenvalue weighted by Crippen LogP contribution is -2.37. The van der Waals surface area contributed by atoms with E-state index < -0.39 is 11.6 Å². The third kappa shape index (κ3) is 7.31. The van der Waals surface area contributed by atoms with Crippen molar-refractivity contribution < 1.29 is 14.3 Å². The number of ether oxygens (including phenoxy) is 2. The molecule has 2 unspecified atom stereocenters. The predicted octanol–water partition coefficient (Wildman–Crippen LogP) is 7.16. The van der Waals surface area contributed by atoms with Gasteiger partial charge < -0.3 is 19.3 Å². The minimum atomic E-state index is -0.561. The number of hydrogen-bond donors (Lipinski definition) is 0. The molecule has 9 heteroatoms. The third-order valence-electron chi connectivity index (χ3n) is 5.54. The molecule has 1 heterocycles. The number of nitrogens with zero attached hydrogens (tertiary/aromatic N) is 2. The molecule has 0 aliphatic carbocycles. The quantitative estimate of drug-likeness (QED) is 0.182. The summed E-state index contributed by atoms with van der Waals surface area (Å²) >= 11 is 25.4. The highest BCUT2D eigenvalue weighted by molar-refractivity contribution is 6.35. The number of benzene rings is 3. The molecule has 0 N–H and O–H groups in total. The fourth-order valence-electron chi connectivity index (χ4n) is 3.68. The van der Waals surface area contributed by atoms with Gasteiger partial charge in [-0.05, 0) is 47.5 Å². The van der Waals surface area contributed by atoms with Gasteiger partial charge in [0.25, 0.3) is 0 Å². The molecule has 188 valence electrons. The minimum Gasteiger partial charge on any atom is -0.486 e. The van der Waals surface area contributed by atoms with Gasteiger partial charge in [0.1, 0.15) is 24.0 Å². The lowest BCUT2D eigenvalue weighted by atomic mass is 10.1. The smallest absolute Gasteiger partial charge is 0.189 e. The van der Waals surface area contributed by atoms with Crippen LogP contribution in [0.5, 0.6) is 5.75 Å². The average Bonchev–Trinajstić information content (AvgIpc) is 3.34. The van der Waals surface area contributed by atoms with E-state index >= 15 is 0 Å². The molecule has 0 saturated carbocycles. The summed E-state index contributed by atoms with van der Waals surface area (Å²) in [6.45, 7) is 0.872. The van der Waals surface area contributed by atoms with Crippen LogP contribution in [0.25, 0.3) is 0 Å². The molecule has 5 nitrogen and oxygen atoms in total. The maximum Gasteiger partial charge on any atom is 0.189 e. The summed E-state index contributed by atoms with van der Waals surface area (Å²) in [5.74, 6) is 0.619. The molecule has 4 rings (SSSR count). The number of alkyl halides is 1. The number of carbonyl (C=O) groups excluding carboxylic acids is 1. The first-order chi connectivity index (χ1) is 17.4. The van der Waals surface area contributed by atoms with Gasteiger partial charge in [-0.15, -0.1) is 0 Å². The maximum absolute atomic E-state index is 12.4. The summed E-state index contributed by atoms with van der Waals surface area (Å²) < 4.78 is 11.8. The molecule has 1 aliphatic heterocycles. The standard InChI is InChI=1S/C27H24Cl4N2O3/c28-21-9-6-19(7-10-21)26(36-16-20-8-11-22(29)14-25(20)30)27(31)33-13-12-32(18-33)15-23(34)17-35-24-4-2-1-3-5-24/h1-14,26-27H,15-18H2. The number of ketones is 1. The van der Waals surface area contributed by atoms with Crippen molar-refractivity contribution in [1.82, 2.24) is 9.80 Å². The monoisotopic (exact) mass is 564 g/mol. The Morgan fingerprint density at radius 2 is 1.64 bits per heavy atom. The van der Waals surface area contributed by atoms with E-state index in [0.29, 0.717) is 27.5 Å². The van der Waals surface area contributed by atoms with Crippen LogP contribution >= 0.6 is 46.4 Å². The van der Waals surface area contributed by atoms with Crippen molar-refractivity contribution >= 4 is 52.2 Å². The van der Waals surface area contributed by atoms with Gasteiger partial charge in [-0.1, -0.05) is 82.8 Å². The van der Waals surface area contributed by atoms with Crippen LogP contribution in [0.1, 0.15) is 17.2 Å². The van der Waals surface area contributed by atoms with Gasteiger partial charge in [-0.2, -0.15) is 0 Å². The Morgan fingerprint density at radius 1 is 0.917 bits per heavy atom. The van der Waals surface area contributed by atoms with Crippen LogP contribution < -0.4 is 4.74 Å². The second-order valence-corrected chi connectivity index (χ2v) is 9.96. The summed E-state index contributed by atoms with van der Waals surface area (Å²) in [7, 11) is 0. The van der Waals surface area contributed by atoms with E-state index in [1.807, 2.05) is 70.7 Å². The summed E-state index contributed by atoms with van der Waals surface area (Å²) in [5, 5.41) is 1.69. The molecule has 3 aromatic carbocycles. The van der Waals surface area contributed by atoms with E-state index in [2.05, 4.69) is 0 Å². The zero-order chi connectivity index (χ0) is 25.5. The molecule has 3 aromatic rings. The van der Waals surface area contributed by atoms with E-state index in [-0.39, 0.29) is 25.5 Å². The maximum atomic E-state index is 12.4. The Labute approximate surface area is 230 Å². The summed E-state index contributed by atoms with van der Waals surface area (Å²) in [4.78, 5) is 16.2. The molecule has 0 bridgehead atoms. The summed E-state index contributed by atoms with van der Waals surface area (Å²) in [6.07, 6.45) is 3.19. The van der Waals surface area contributed by atoms with Crippen molar-refractivity contribution in [3.8, 4) is 5.75 Å². The van der Waals surface area contributed by atoms with Crippen LogP contribution in [0.4, 0.5) is 0 Å². The Bertz CT molecular complexity index is 1190. The largest absolute Gasteiger partial charge is 0.486 e. The van der Waals surface area contributed by atoms with Crippen LogP contribution in [0.3, 0.4) is 0 Å². The fourth-order valence-corrected chi connectivity index (χ4v) is 4.61. The van der Waals surface area contributed by atoms with Crippen molar-refractivity contribution in [2.24, 2.45) is 0 Å². The van der Waals surface area contributed by atoms with Crippen LogP contribution in [0.2, 0.25) is 15.1 Å². The highest BCUT2D eigenvalue weighted by atomic mass is 35.5. The first-order valence-corrected chi connectivity index (χ1v) is 12.8. The van der Waals surface area contributed by atoms with Gasteiger partial charge in [-0.25, -0.2) is 0 Å². The Morgan fingerprint density at radius 3 is 2.36 bits per heavy atom. The molecule has 2 atom stereocenters. The van der Waals surface area contributed by atoms with Crippen molar-refractivity contribution in [2.45, 2.75) is 18.2 Å². The molecule has 36 heavy (non-hydrogen) atoms. The Kier molecular flexibility index (Phi) is 9.41. The summed E-state index contributed by atoms with van der Waals surface area (Å²) in [5.41, 5.74) is 1.10. The van der Waals surface area contributed by atoms with Crippen molar-refractivity contribution in [3.63, 3.8) is 0 Å². The van der Waals surface area contributed by atoms with Crippen LogP contribution in [-0.2, 0) is 16.1 Å². The lowest BCUT2D eigenvalue weighted by Gasteiger charge is -2.31. The number of carbonyl (C=O) groups is 1. The number of halogens is 4. The van der Waals surface area contributed by atoms with E-state index in [1.165, 1.54) is 0 Å². The van der Waals surface area contributed by atoms with Gasteiger partial charge in [0.2, 0.25) is 0 Å². The molecular formula is C27H24Cl4N2O3. The SMILES string of the molecule is O=C(COc1ccccc1)CN1C=CN(C(Cl)C(OCc2ccc(Cl)cc2Cl)c2ccc(Cl)cc2)C1. The van der Waals surface area contributed by atoms with Crippen molar-refractivity contribution in [2.75, 3.05) is 19.8 Å². The third-order valence-corrected chi connectivity index (χ3v) is 6.85. The fraction of sp³-hybridized carbons (Fsp3) is 0.222. The zero-order valence-electron chi connectivity index (χ0n) is 19.2. The van der Waals surface area contributed by atoms with Gasteiger partial charge in [-0.3, -0.25) is 4.79 Å². The van der Waals surface area contributed by atoms with Crippen LogP contribution in [0, 0.1) is 0 Å². The topological polar surface area (TPSA) is 42.0 Å². The Hall–Kier alpha value is -2.41. The van der Waals surface area contributed by atoms with Crippen molar-refractivity contribution in [3.05, 3.63) is 111 Å². The van der Waals surface area contributed by atoms with E-state index in [4.69, 9.17) is 55.9 Å². The molecular weight excluding hydrogens is 542 g/mol. The molecule has 1 aliphatic rings. The lowest BCUT2D eigenvalue weighted by molar-refractivity contribution is -0.121. The molecule has 0 saturated heterocycles. The van der Waals surface area contributed by atoms with Gasteiger partial charge in [0.15, 0.2) is 5.78 Å². The number of hydrogen-bond acceptors (Lipinski definition) is 5. The summed E-state index contributed by atoms with van der Waals surface area (Å²) in [6, 6.07) is 21.9. The molecule has 0 amide bonds. The first kappa shape index (κ1) is 26.6. The molecule has 0 radical (unpaired) electrons. The number of Topliss-reactive ketones (excluding diaryl/α,β-unsaturated/α-hetero) is 1. The minimum absolute atomic E-state index is 0.00296. The van der Waals surface area contributed by atoms with E-state index in [9.17, 15) is 4.79 Å². The highest BCUT2D eigenvalue weighted by Gasteiger charge is 2.30. The average molecular weight is 566 g/mol. The van der Waals surface area contributed by atoms with Crippen molar-refractivity contribution in [1.29, 1.82) is 0 Å². The predicted molar refractivity (Wildman–Crippen MR) is 145 cm³/mol. The van der Waals surface area contributed by atoms with Gasteiger partial charge >= 0.3 is 0 Å². The highest BCUT2D eigenvalue weighted by Crippen LogP contribution is 2.32. The van der Waals surface area contributed by atoms with E-state index in [1.54, 1.807) is 24.3 Å². The normalized spacial score (nSPS) is 14.7.